The number of halogens is 1. The number of aryl methyl sites for hydroxylation is 1. The minimum Gasteiger partial charge on any atom is -0.391 e. The molecular formula is C24H24FN5O3. The van der Waals surface area contributed by atoms with Crippen LogP contribution < -0.4 is 5.32 Å². The zero-order valence-electron chi connectivity index (χ0n) is 18.1. The summed E-state index contributed by atoms with van der Waals surface area (Å²) in [6.07, 6.45) is 6.64. The van der Waals surface area contributed by atoms with Gasteiger partial charge in [-0.25, -0.2) is 4.39 Å². The van der Waals surface area contributed by atoms with E-state index in [1.807, 2.05) is 29.9 Å². The van der Waals surface area contributed by atoms with Gasteiger partial charge in [-0.15, -0.1) is 0 Å². The van der Waals surface area contributed by atoms with Gasteiger partial charge >= 0.3 is 0 Å². The molecule has 0 aliphatic carbocycles. The first-order valence-corrected chi connectivity index (χ1v) is 10.8. The topological polar surface area (TPSA) is 94.2 Å². The first-order chi connectivity index (χ1) is 16.0. The molecule has 170 valence electrons. The van der Waals surface area contributed by atoms with Crippen LogP contribution in [0.3, 0.4) is 0 Å². The van der Waals surface area contributed by atoms with Gasteiger partial charge in [-0.1, -0.05) is 12.1 Å². The molecule has 4 heterocycles. The third-order valence-electron chi connectivity index (χ3n) is 5.95. The molecule has 1 aromatic carbocycles. The van der Waals surface area contributed by atoms with Crippen molar-refractivity contribution in [1.82, 2.24) is 24.6 Å². The van der Waals surface area contributed by atoms with E-state index in [0.717, 1.165) is 16.6 Å². The number of hydrogen-bond acceptors (Lipinski definition) is 5. The van der Waals surface area contributed by atoms with Crippen molar-refractivity contribution < 1.29 is 19.0 Å². The van der Waals surface area contributed by atoms with E-state index in [1.165, 1.54) is 6.07 Å². The maximum atomic E-state index is 15.0. The van der Waals surface area contributed by atoms with Gasteiger partial charge in [-0.3, -0.25) is 14.5 Å². The van der Waals surface area contributed by atoms with E-state index in [2.05, 4.69) is 15.4 Å². The lowest BCUT2D eigenvalue weighted by atomic mass is 10.1. The lowest BCUT2D eigenvalue weighted by Gasteiger charge is -2.28. The zero-order valence-corrected chi connectivity index (χ0v) is 18.1. The van der Waals surface area contributed by atoms with Crippen molar-refractivity contribution in [2.45, 2.75) is 25.1 Å². The van der Waals surface area contributed by atoms with Crippen LogP contribution in [-0.4, -0.2) is 55.7 Å². The van der Waals surface area contributed by atoms with Gasteiger partial charge < -0.3 is 19.7 Å². The van der Waals surface area contributed by atoms with E-state index in [9.17, 15) is 14.3 Å². The minimum atomic E-state index is -0.656. The fourth-order valence-corrected chi connectivity index (χ4v) is 4.14. The lowest BCUT2D eigenvalue weighted by Crippen LogP contribution is -2.49. The molecule has 8 nitrogen and oxygen atoms in total. The first kappa shape index (κ1) is 21.3. The molecule has 3 aromatic heterocycles. The lowest BCUT2D eigenvalue weighted by molar-refractivity contribution is -0.0139. The SMILES string of the molecule is Cn1cc(-c2ccc(Cn3cc(C(=O)N[C@@H]4COCC[C@H]4O)c4ncccc43)c(F)c2)cn1. The fraction of sp³-hybridized carbons (Fsp3) is 0.292. The second-order valence-corrected chi connectivity index (χ2v) is 8.26. The number of nitrogens with one attached hydrogen (secondary N) is 1. The Morgan fingerprint density at radius 1 is 1.30 bits per heavy atom. The molecule has 1 fully saturated rings. The average molecular weight is 449 g/mol. The van der Waals surface area contributed by atoms with E-state index in [-0.39, 0.29) is 24.9 Å². The Labute approximate surface area is 189 Å². The summed E-state index contributed by atoms with van der Waals surface area (Å²) >= 11 is 0. The molecular weight excluding hydrogens is 425 g/mol. The van der Waals surface area contributed by atoms with Crippen molar-refractivity contribution in [2.24, 2.45) is 7.05 Å². The van der Waals surface area contributed by atoms with Crippen LogP contribution in [0.1, 0.15) is 22.3 Å². The zero-order chi connectivity index (χ0) is 22.9. The van der Waals surface area contributed by atoms with Gasteiger partial charge in [0.2, 0.25) is 0 Å². The van der Waals surface area contributed by atoms with Gasteiger partial charge in [0, 0.05) is 43.4 Å². The minimum absolute atomic E-state index is 0.240. The van der Waals surface area contributed by atoms with Crippen molar-refractivity contribution in [3.05, 3.63) is 72.1 Å². The molecule has 2 atom stereocenters. The first-order valence-electron chi connectivity index (χ1n) is 10.8. The number of aliphatic hydroxyl groups excluding tert-OH is 1. The van der Waals surface area contributed by atoms with Crippen LogP contribution in [0.2, 0.25) is 0 Å². The van der Waals surface area contributed by atoms with Gasteiger partial charge in [0.25, 0.3) is 5.91 Å². The molecule has 0 saturated carbocycles. The van der Waals surface area contributed by atoms with Crippen LogP contribution in [0.15, 0.2) is 55.1 Å². The van der Waals surface area contributed by atoms with Gasteiger partial charge in [-0.05, 0) is 30.2 Å². The van der Waals surface area contributed by atoms with Crippen molar-refractivity contribution in [3.8, 4) is 11.1 Å². The van der Waals surface area contributed by atoms with Crippen molar-refractivity contribution in [2.75, 3.05) is 13.2 Å². The maximum absolute atomic E-state index is 15.0. The van der Waals surface area contributed by atoms with Gasteiger partial charge in [0.05, 0.1) is 42.6 Å². The maximum Gasteiger partial charge on any atom is 0.255 e. The molecule has 1 saturated heterocycles. The summed E-state index contributed by atoms with van der Waals surface area (Å²) in [5, 5.41) is 17.1. The predicted octanol–water partition coefficient (Wildman–Crippen LogP) is 2.50. The second kappa shape index (κ2) is 8.76. The number of hydrogen-bond donors (Lipinski definition) is 2. The van der Waals surface area contributed by atoms with E-state index < -0.39 is 12.1 Å². The molecule has 1 aliphatic heterocycles. The second-order valence-electron chi connectivity index (χ2n) is 8.26. The van der Waals surface area contributed by atoms with Gasteiger partial charge in [0.1, 0.15) is 11.3 Å². The molecule has 1 amide bonds. The number of carbonyl (C=O) groups excluding carboxylic acids is 1. The average Bonchev–Trinajstić information content (AvgIpc) is 3.41. The van der Waals surface area contributed by atoms with E-state index >= 15 is 0 Å². The normalized spacial score (nSPS) is 18.5. The summed E-state index contributed by atoms with van der Waals surface area (Å²) in [5.74, 6) is -0.685. The number of rotatable bonds is 5. The summed E-state index contributed by atoms with van der Waals surface area (Å²) in [6.45, 7) is 0.969. The standard InChI is InChI=1S/C24H24FN5O3/c1-29-11-17(10-27-29)15-4-5-16(19(25)9-15)12-30-13-18(23-21(30)3-2-7-26-23)24(32)28-20-14-33-8-6-22(20)31/h2-5,7,9-11,13,20,22,31H,6,8,12,14H2,1H3,(H,28,32)/t20-,22-/m1/s1. The number of aromatic nitrogens is 4. The van der Waals surface area contributed by atoms with Gasteiger partial charge in [-0.2, -0.15) is 5.10 Å². The third-order valence-corrected chi connectivity index (χ3v) is 5.95. The summed E-state index contributed by atoms with van der Waals surface area (Å²) in [7, 11) is 1.81. The third kappa shape index (κ3) is 4.24. The van der Waals surface area contributed by atoms with E-state index in [1.54, 1.807) is 35.4 Å². The Morgan fingerprint density at radius 2 is 2.18 bits per heavy atom. The molecule has 2 N–H and O–H groups in total. The largest absolute Gasteiger partial charge is 0.391 e. The number of nitrogens with zero attached hydrogens (tertiary/aromatic N) is 4. The number of ether oxygens (including phenoxy) is 1. The van der Waals surface area contributed by atoms with Crippen LogP contribution in [0.5, 0.6) is 0 Å². The number of amides is 1. The van der Waals surface area contributed by atoms with Crippen LogP contribution >= 0.6 is 0 Å². The Kier molecular flexibility index (Phi) is 5.65. The fourth-order valence-electron chi connectivity index (χ4n) is 4.14. The number of carbonyl (C=O) groups is 1. The van der Waals surface area contributed by atoms with Crippen molar-refractivity contribution >= 4 is 16.9 Å². The Morgan fingerprint density at radius 3 is 2.94 bits per heavy atom. The molecule has 1 aliphatic rings. The molecule has 0 radical (unpaired) electrons. The predicted molar refractivity (Wildman–Crippen MR) is 120 cm³/mol. The van der Waals surface area contributed by atoms with Crippen molar-refractivity contribution in [1.29, 1.82) is 0 Å². The van der Waals surface area contributed by atoms with Crippen molar-refractivity contribution in [3.63, 3.8) is 0 Å². The quantitative estimate of drug-likeness (QED) is 0.488. The summed E-state index contributed by atoms with van der Waals surface area (Å²) in [6, 6.07) is 8.24. The number of pyridine rings is 1. The molecule has 0 bridgehead atoms. The highest BCUT2D eigenvalue weighted by Gasteiger charge is 2.27. The molecule has 0 spiro atoms. The number of fused-ring (bicyclic) bond motifs is 1. The molecule has 4 aromatic rings. The highest BCUT2D eigenvalue weighted by Crippen LogP contribution is 2.25. The molecule has 33 heavy (non-hydrogen) atoms. The number of benzene rings is 1. The Balaban J connectivity index is 1.43. The van der Waals surface area contributed by atoms with Gasteiger partial charge in [0.15, 0.2) is 0 Å². The molecule has 5 rings (SSSR count). The van der Waals surface area contributed by atoms with Crippen LogP contribution in [0, 0.1) is 5.82 Å². The van der Waals surface area contributed by atoms with Crippen LogP contribution in [-0.2, 0) is 18.3 Å². The van der Waals surface area contributed by atoms with Crippen LogP contribution in [0.25, 0.3) is 22.2 Å². The number of aliphatic hydroxyl groups is 1. The summed E-state index contributed by atoms with van der Waals surface area (Å²) < 4.78 is 23.8. The highest BCUT2D eigenvalue weighted by atomic mass is 19.1. The van der Waals surface area contributed by atoms with E-state index in [0.29, 0.717) is 29.7 Å². The Hall–Kier alpha value is -3.56. The summed E-state index contributed by atoms with van der Waals surface area (Å²) in [4.78, 5) is 17.4. The summed E-state index contributed by atoms with van der Waals surface area (Å²) in [5.41, 5.74) is 3.69. The molecule has 0 unspecified atom stereocenters. The monoisotopic (exact) mass is 449 g/mol. The molecule has 9 heteroatoms. The highest BCUT2D eigenvalue weighted by molar-refractivity contribution is 6.05. The van der Waals surface area contributed by atoms with Crippen LogP contribution in [0.4, 0.5) is 4.39 Å². The van der Waals surface area contributed by atoms with E-state index in [4.69, 9.17) is 4.74 Å². The Bertz CT molecular complexity index is 1310. The smallest absolute Gasteiger partial charge is 0.255 e.